The van der Waals surface area contributed by atoms with Crippen LogP contribution in [0.2, 0.25) is 0 Å². The minimum atomic E-state index is -0.507. The first kappa shape index (κ1) is 13.3. The molecule has 1 aromatic heterocycles. The molecular formula is C12H20N4O. The van der Waals surface area contributed by atoms with Gasteiger partial charge in [0.1, 0.15) is 5.82 Å². The fourth-order valence-corrected chi connectivity index (χ4v) is 1.43. The van der Waals surface area contributed by atoms with Gasteiger partial charge in [-0.3, -0.25) is 4.79 Å². The third-order valence-corrected chi connectivity index (χ3v) is 2.75. The van der Waals surface area contributed by atoms with Crippen molar-refractivity contribution >= 4 is 17.4 Å². The second-order valence-corrected chi connectivity index (χ2v) is 4.71. The summed E-state index contributed by atoms with van der Waals surface area (Å²) in [6.07, 6.45) is 1.70. The molecule has 0 aliphatic heterocycles. The van der Waals surface area contributed by atoms with E-state index >= 15 is 0 Å². The first-order chi connectivity index (χ1) is 7.88. The SMILES string of the molecule is CNC(=O)C(C)(C)CNc1nccc(C)c1N. The van der Waals surface area contributed by atoms with Crippen molar-refractivity contribution < 1.29 is 4.79 Å². The fraction of sp³-hybridized carbons (Fsp3) is 0.500. The molecule has 0 bridgehead atoms. The second-order valence-electron chi connectivity index (χ2n) is 4.71. The van der Waals surface area contributed by atoms with Crippen LogP contribution in [-0.4, -0.2) is 24.5 Å². The van der Waals surface area contributed by atoms with E-state index in [1.54, 1.807) is 13.2 Å². The number of anilines is 2. The highest BCUT2D eigenvalue weighted by molar-refractivity contribution is 5.82. The number of aryl methyl sites for hydroxylation is 1. The molecule has 5 heteroatoms. The summed E-state index contributed by atoms with van der Waals surface area (Å²) in [4.78, 5) is 15.8. The van der Waals surface area contributed by atoms with E-state index < -0.39 is 5.41 Å². The van der Waals surface area contributed by atoms with Gasteiger partial charge in [0, 0.05) is 19.8 Å². The number of nitrogen functional groups attached to an aromatic ring is 1. The van der Waals surface area contributed by atoms with Crippen LogP contribution in [0.3, 0.4) is 0 Å². The van der Waals surface area contributed by atoms with Gasteiger partial charge in [-0.1, -0.05) is 0 Å². The number of hydrogen-bond donors (Lipinski definition) is 3. The molecule has 0 saturated heterocycles. The highest BCUT2D eigenvalue weighted by atomic mass is 16.2. The first-order valence-corrected chi connectivity index (χ1v) is 5.55. The standard InChI is InChI=1S/C12H20N4O/c1-8-5-6-15-10(9(8)13)16-7-12(2,3)11(17)14-4/h5-6H,7,13H2,1-4H3,(H,14,17)(H,15,16). The van der Waals surface area contributed by atoms with E-state index in [9.17, 15) is 4.79 Å². The molecule has 1 heterocycles. The molecular weight excluding hydrogens is 216 g/mol. The number of hydrogen-bond acceptors (Lipinski definition) is 4. The van der Waals surface area contributed by atoms with Crippen molar-refractivity contribution in [2.75, 3.05) is 24.6 Å². The summed E-state index contributed by atoms with van der Waals surface area (Å²) in [5.74, 6) is 0.609. The van der Waals surface area contributed by atoms with Crippen LogP contribution < -0.4 is 16.4 Å². The molecule has 0 aromatic carbocycles. The predicted octanol–water partition coefficient (Wildman–Crippen LogP) is 1.16. The van der Waals surface area contributed by atoms with E-state index in [2.05, 4.69) is 15.6 Å². The molecule has 0 fully saturated rings. The van der Waals surface area contributed by atoms with E-state index in [0.29, 0.717) is 18.1 Å². The van der Waals surface area contributed by atoms with Crippen LogP contribution in [0.4, 0.5) is 11.5 Å². The predicted molar refractivity (Wildman–Crippen MR) is 69.7 cm³/mol. The van der Waals surface area contributed by atoms with Gasteiger partial charge < -0.3 is 16.4 Å². The van der Waals surface area contributed by atoms with Crippen molar-refractivity contribution in [3.8, 4) is 0 Å². The summed E-state index contributed by atoms with van der Waals surface area (Å²) >= 11 is 0. The average molecular weight is 236 g/mol. The molecule has 1 amide bonds. The number of nitrogens with two attached hydrogens (primary N) is 1. The van der Waals surface area contributed by atoms with E-state index in [4.69, 9.17) is 5.73 Å². The van der Waals surface area contributed by atoms with Gasteiger partial charge in [-0.05, 0) is 32.4 Å². The molecule has 1 aromatic rings. The molecule has 0 saturated carbocycles. The molecule has 0 spiro atoms. The molecule has 5 nitrogen and oxygen atoms in total. The van der Waals surface area contributed by atoms with Crippen molar-refractivity contribution in [3.63, 3.8) is 0 Å². The molecule has 0 unspecified atom stereocenters. The quantitative estimate of drug-likeness (QED) is 0.732. The average Bonchev–Trinajstić information content (AvgIpc) is 2.30. The number of rotatable bonds is 4. The molecule has 0 aliphatic carbocycles. The Balaban J connectivity index is 2.74. The van der Waals surface area contributed by atoms with Crippen LogP contribution in [0.15, 0.2) is 12.3 Å². The monoisotopic (exact) mass is 236 g/mol. The fourth-order valence-electron chi connectivity index (χ4n) is 1.43. The van der Waals surface area contributed by atoms with Gasteiger partial charge in [-0.2, -0.15) is 0 Å². The Morgan fingerprint density at radius 1 is 1.53 bits per heavy atom. The summed E-state index contributed by atoms with van der Waals surface area (Å²) in [5.41, 5.74) is 6.99. The molecule has 0 aliphatic rings. The maximum absolute atomic E-state index is 11.6. The summed E-state index contributed by atoms with van der Waals surface area (Å²) in [6.45, 7) is 6.13. The zero-order valence-electron chi connectivity index (χ0n) is 10.8. The van der Waals surface area contributed by atoms with Gasteiger partial charge in [0.25, 0.3) is 0 Å². The Kier molecular flexibility index (Phi) is 3.93. The first-order valence-electron chi connectivity index (χ1n) is 5.55. The molecule has 4 N–H and O–H groups in total. The van der Waals surface area contributed by atoms with Gasteiger partial charge in [-0.25, -0.2) is 4.98 Å². The third-order valence-electron chi connectivity index (χ3n) is 2.75. The topological polar surface area (TPSA) is 80.0 Å². The minimum Gasteiger partial charge on any atom is -0.396 e. The number of carbonyl (C=O) groups excluding carboxylic acids is 1. The summed E-state index contributed by atoms with van der Waals surface area (Å²) in [7, 11) is 1.63. The smallest absolute Gasteiger partial charge is 0.227 e. The van der Waals surface area contributed by atoms with E-state index in [0.717, 1.165) is 5.56 Å². The second kappa shape index (κ2) is 5.03. The van der Waals surface area contributed by atoms with Gasteiger partial charge in [0.05, 0.1) is 11.1 Å². The number of nitrogens with zero attached hydrogens (tertiary/aromatic N) is 1. The maximum atomic E-state index is 11.6. The van der Waals surface area contributed by atoms with Crippen LogP contribution in [0.25, 0.3) is 0 Å². The molecule has 94 valence electrons. The van der Waals surface area contributed by atoms with Gasteiger partial charge in [0.15, 0.2) is 0 Å². The lowest BCUT2D eigenvalue weighted by atomic mass is 9.92. The Hall–Kier alpha value is -1.78. The number of carbonyl (C=O) groups is 1. The summed E-state index contributed by atoms with van der Waals surface area (Å²) < 4.78 is 0. The Bertz CT molecular complexity index is 415. The van der Waals surface area contributed by atoms with Crippen molar-refractivity contribution in [2.45, 2.75) is 20.8 Å². The van der Waals surface area contributed by atoms with Crippen LogP contribution in [0.1, 0.15) is 19.4 Å². The van der Waals surface area contributed by atoms with Gasteiger partial charge >= 0.3 is 0 Å². The number of amides is 1. The van der Waals surface area contributed by atoms with E-state index in [-0.39, 0.29) is 5.91 Å². The lowest BCUT2D eigenvalue weighted by Gasteiger charge is -2.23. The van der Waals surface area contributed by atoms with Crippen LogP contribution in [0.5, 0.6) is 0 Å². The summed E-state index contributed by atoms with van der Waals surface area (Å²) in [5, 5.41) is 5.75. The van der Waals surface area contributed by atoms with Crippen molar-refractivity contribution in [3.05, 3.63) is 17.8 Å². The molecule has 0 radical (unpaired) electrons. The van der Waals surface area contributed by atoms with Crippen LogP contribution in [-0.2, 0) is 4.79 Å². The Labute approximate surface area is 102 Å². The zero-order valence-corrected chi connectivity index (χ0v) is 10.8. The third kappa shape index (κ3) is 3.09. The molecule has 0 atom stereocenters. The van der Waals surface area contributed by atoms with E-state index in [1.807, 2.05) is 26.8 Å². The van der Waals surface area contributed by atoms with E-state index in [1.165, 1.54) is 0 Å². The molecule has 17 heavy (non-hydrogen) atoms. The highest BCUT2D eigenvalue weighted by Crippen LogP contribution is 2.21. The lowest BCUT2D eigenvalue weighted by Crippen LogP contribution is -2.39. The van der Waals surface area contributed by atoms with Crippen LogP contribution in [0, 0.1) is 12.3 Å². The van der Waals surface area contributed by atoms with Gasteiger partial charge in [0.2, 0.25) is 5.91 Å². The largest absolute Gasteiger partial charge is 0.396 e. The lowest BCUT2D eigenvalue weighted by molar-refractivity contribution is -0.128. The maximum Gasteiger partial charge on any atom is 0.227 e. The Morgan fingerprint density at radius 3 is 2.76 bits per heavy atom. The molecule has 1 rings (SSSR count). The highest BCUT2D eigenvalue weighted by Gasteiger charge is 2.26. The Morgan fingerprint density at radius 2 is 2.18 bits per heavy atom. The minimum absolute atomic E-state index is 0.0174. The van der Waals surface area contributed by atoms with Crippen molar-refractivity contribution in [1.82, 2.24) is 10.3 Å². The van der Waals surface area contributed by atoms with Crippen molar-refractivity contribution in [1.29, 1.82) is 0 Å². The normalized spacial score (nSPS) is 11.1. The number of aromatic nitrogens is 1. The summed E-state index contributed by atoms with van der Waals surface area (Å²) in [6, 6.07) is 1.85. The zero-order chi connectivity index (χ0) is 13.1. The van der Waals surface area contributed by atoms with Crippen LogP contribution >= 0.6 is 0 Å². The number of pyridine rings is 1. The number of nitrogens with one attached hydrogen (secondary N) is 2. The van der Waals surface area contributed by atoms with Gasteiger partial charge in [-0.15, -0.1) is 0 Å². The van der Waals surface area contributed by atoms with Crippen molar-refractivity contribution in [2.24, 2.45) is 5.41 Å².